The first-order valence-corrected chi connectivity index (χ1v) is 10.4. The molecule has 8 heteroatoms. The van der Waals surface area contributed by atoms with E-state index in [1.165, 1.54) is 17.6 Å². The van der Waals surface area contributed by atoms with Crippen molar-refractivity contribution in [2.75, 3.05) is 6.54 Å². The summed E-state index contributed by atoms with van der Waals surface area (Å²) >= 11 is 4.73. The molecule has 0 bridgehead atoms. The molecule has 0 aliphatic rings. The first kappa shape index (κ1) is 20.8. The van der Waals surface area contributed by atoms with Crippen LogP contribution in [-0.4, -0.2) is 24.6 Å². The molecule has 1 aromatic heterocycles. The second-order valence-corrected chi connectivity index (χ2v) is 7.77. The lowest BCUT2D eigenvalue weighted by atomic mass is 10.2. The summed E-state index contributed by atoms with van der Waals surface area (Å²) in [6.07, 6.45) is 1.50. The Hall–Kier alpha value is -2.97. The van der Waals surface area contributed by atoms with E-state index in [0.29, 0.717) is 22.8 Å². The average molecular weight is 472 g/mol. The number of carbonyl (C=O) groups is 2. The number of amides is 2. The molecule has 2 aromatic carbocycles. The second-order valence-electron chi connectivity index (χ2n) is 5.91. The van der Waals surface area contributed by atoms with Crippen LogP contribution in [0.5, 0.6) is 5.75 Å². The number of nitrogens with zero attached hydrogens (tertiary/aromatic N) is 1. The van der Waals surface area contributed by atoms with Crippen molar-refractivity contribution in [2.45, 2.75) is 6.61 Å². The third-order valence-corrected chi connectivity index (χ3v) is 5.12. The van der Waals surface area contributed by atoms with Crippen molar-refractivity contribution in [1.82, 2.24) is 10.7 Å². The number of carbonyl (C=O) groups excluding carboxylic acids is 2. The Morgan fingerprint density at radius 3 is 2.69 bits per heavy atom. The topological polar surface area (TPSA) is 79.8 Å². The maximum absolute atomic E-state index is 11.9. The molecule has 0 aliphatic carbocycles. The van der Waals surface area contributed by atoms with Crippen molar-refractivity contribution in [3.05, 3.63) is 86.5 Å². The lowest BCUT2D eigenvalue weighted by Gasteiger charge is -2.09. The van der Waals surface area contributed by atoms with Crippen molar-refractivity contribution in [1.29, 1.82) is 0 Å². The molecule has 0 atom stereocenters. The standard InChI is InChI=1S/C21H18BrN3O3S/c22-17-8-9-18(28-14-15-5-2-1-3-6-15)16(11-17)12-24-25-20(26)13-23-21(27)19-7-4-10-29-19/h1-12H,13-14H2,(H,23,27)(H,25,26)/b24-12-. The number of thiophene rings is 1. The monoisotopic (exact) mass is 471 g/mol. The smallest absolute Gasteiger partial charge is 0.261 e. The molecule has 0 aliphatic heterocycles. The third kappa shape index (κ3) is 6.55. The van der Waals surface area contributed by atoms with Gasteiger partial charge >= 0.3 is 0 Å². The first-order chi connectivity index (χ1) is 14.1. The fourth-order valence-electron chi connectivity index (χ4n) is 2.36. The van der Waals surface area contributed by atoms with E-state index in [2.05, 4.69) is 31.8 Å². The zero-order valence-electron chi connectivity index (χ0n) is 15.3. The number of hydrazone groups is 1. The van der Waals surface area contributed by atoms with Crippen molar-refractivity contribution < 1.29 is 14.3 Å². The molecule has 0 saturated carbocycles. The molecule has 1 heterocycles. The summed E-state index contributed by atoms with van der Waals surface area (Å²) in [5, 5.41) is 8.31. The largest absolute Gasteiger partial charge is 0.488 e. The summed E-state index contributed by atoms with van der Waals surface area (Å²) in [4.78, 5) is 24.3. The van der Waals surface area contributed by atoms with Gasteiger partial charge in [-0.25, -0.2) is 5.43 Å². The van der Waals surface area contributed by atoms with Gasteiger partial charge in [0.1, 0.15) is 12.4 Å². The molecule has 3 aromatic rings. The summed E-state index contributed by atoms with van der Waals surface area (Å²) < 4.78 is 6.74. The van der Waals surface area contributed by atoms with Crippen LogP contribution in [-0.2, 0) is 11.4 Å². The molecule has 3 rings (SSSR count). The predicted octanol–water partition coefficient (Wildman–Crippen LogP) is 3.97. The van der Waals surface area contributed by atoms with Crippen molar-refractivity contribution in [2.24, 2.45) is 5.10 Å². The van der Waals surface area contributed by atoms with Crippen molar-refractivity contribution in [3.63, 3.8) is 0 Å². The molecule has 148 valence electrons. The molecule has 0 radical (unpaired) electrons. The quantitative estimate of drug-likeness (QED) is 0.385. The molecule has 0 unspecified atom stereocenters. The number of hydrogen-bond acceptors (Lipinski definition) is 5. The molecular weight excluding hydrogens is 454 g/mol. The minimum Gasteiger partial charge on any atom is -0.488 e. The van der Waals surface area contributed by atoms with Gasteiger partial charge in [-0.1, -0.05) is 52.3 Å². The molecule has 0 fully saturated rings. The van der Waals surface area contributed by atoms with Gasteiger partial charge in [-0.2, -0.15) is 5.10 Å². The number of halogens is 1. The van der Waals surface area contributed by atoms with Crippen LogP contribution in [0, 0.1) is 0 Å². The lowest BCUT2D eigenvalue weighted by molar-refractivity contribution is -0.120. The van der Waals surface area contributed by atoms with Gasteiger partial charge in [0.05, 0.1) is 17.6 Å². The van der Waals surface area contributed by atoms with Crippen LogP contribution < -0.4 is 15.5 Å². The van der Waals surface area contributed by atoms with Gasteiger partial charge in [0.25, 0.3) is 11.8 Å². The zero-order valence-corrected chi connectivity index (χ0v) is 17.7. The van der Waals surface area contributed by atoms with E-state index in [0.717, 1.165) is 10.0 Å². The van der Waals surface area contributed by atoms with Crippen LogP contribution in [0.25, 0.3) is 0 Å². The Bertz CT molecular complexity index is 992. The van der Waals surface area contributed by atoms with Crippen LogP contribution in [0.2, 0.25) is 0 Å². The molecule has 2 amide bonds. The third-order valence-electron chi connectivity index (χ3n) is 3.76. The van der Waals surface area contributed by atoms with Crippen LogP contribution in [0.3, 0.4) is 0 Å². The summed E-state index contributed by atoms with van der Waals surface area (Å²) in [7, 11) is 0. The number of hydrogen-bond donors (Lipinski definition) is 2. The van der Waals surface area contributed by atoms with E-state index in [-0.39, 0.29) is 12.5 Å². The minimum absolute atomic E-state index is 0.163. The lowest BCUT2D eigenvalue weighted by Crippen LogP contribution is -2.34. The average Bonchev–Trinajstić information content (AvgIpc) is 3.27. The van der Waals surface area contributed by atoms with Gasteiger partial charge < -0.3 is 10.1 Å². The predicted molar refractivity (Wildman–Crippen MR) is 117 cm³/mol. The Morgan fingerprint density at radius 2 is 1.93 bits per heavy atom. The van der Waals surface area contributed by atoms with E-state index in [4.69, 9.17) is 4.74 Å². The Labute approximate surface area is 180 Å². The van der Waals surface area contributed by atoms with Gasteiger partial charge in [0.15, 0.2) is 0 Å². The number of benzene rings is 2. The van der Waals surface area contributed by atoms with Gasteiger partial charge in [-0.05, 0) is 35.2 Å². The fraction of sp³-hybridized carbons (Fsp3) is 0.0952. The maximum atomic E-state index is 11.9. The second kappa shape index (κ2) is 10.5. The minimum atomic E-state index is -0.423. The fourth-order valence-corrected chi connectivity index (χ4v) is 3.37. The Kier molecular flexibility index (Phi) is 7.54. The summed E-state index contributed by atoms with van der Waals surface area (Å²) in [5.74, 6) is -0.0725. The molecule has 2 N–H and O–H groups in total. The van der Waals surface area contributed by atoms with Gasteiger partial charge in [0.2, 0.25) is 0 Å². The number of ether oxygens (including phenoxy) is 1. The van der Waals surface area contributed by atoms with E-state index in [1.807, 2.05) is 48.5 Å². The SMILES string of the molecule is O=C(CNC(=O)c1cccs1)N/N=C\c1cc(Br)ccc1OCc1ccccc1. The van der Waals surface area contributed by atoms with Crippen LogP contribution in [0.15, 0.2) is 75.6 Å². The highest BCUT2D eigenvalue weighted by Gasteiger charge is 2.08. The van der Waals surface area contributed by atoms with Gasteiger partial charge in [0, 0.05) is 10.0 Å². The van der Waals surface area contributed by atoms with Crippen LogP contribution >= 0.6 is 27.3 Å². The summed E-state index contributed by atoms with van der Waals surface area (Å²) in [5.41, 5.74) is 4.16. The van der Waals surface area contributed by atoms with Crippen LogP contribution in [0.4, 0.5) is 0 Å². The van der Waals surface area contributed by atoms with E-state index in [9.17, 15) is 9.59 Å². The maximum Gasteiger partial charge on any atom is 0.261 e. The van der Waals surface area contributed by atoms with E-state index < -0.39 is 5.91 Å². The van der Waals surface area contributed by atoms with E-state index >= 15 is 0 Å². The molecule has 0 saturated heterocycles. The summed E-state index contributed by atoms with van der Waals surface area (Å²) in [6.45, 7) is 0.258. The van der Waals surface area contributed by atoms with Crippen molar-refractivity contribution in [3.8, 4) is 5.75 Å². The number of rotatable bonds is 8. The molecule has 6 nitrogen and oxygen atoms in total. The van der Waals surface area contributed by atoms with Gasteiger partial charge in [-0.3, -0.25) is 9.59 Å². The zero-order chi connectivity index (χ0) is 20.5. The van der Waals surface area contributed by atoms with Gasteiger partial charge in [-0.15, -0.1) is 11.3 Å². The highest BCUT2D eigenvalue weighted by Crippen LogP contribution is 2.22. The Balaban J connectivity index is 1.54. The van der Waals surface area contributed by atoms with E-state index in [1.54, 1.807) is 17.5 Å². The normalized spacial score (nSPS) is 10.7. The van der Waals surface area contributed by atoms with Crippen molar-refractivity contribution >= 4 is 45.3 Å². The Morgan fingerprint density at radius 1 is 1.10 bits per heavy atom. The molecule has 0 spiro atoms. The highest BCUT2D eigenvalue weighted by molar-refractivity contribution is 9.10. The molecule has 29 heavy (non-hydrogen) atoms. The molecular formula is C21H18BrN3O3S. The van der Waals surface area contributed by atoms with Crippen LogP contribution in [0.1, 0.15) is 20.8 Å². The number of nitrogens with one attached hydrogen (secondary N) is 2. The first-order valence-electron chi connectivity index (χ1n) is 8.72. The summed E-state index contributed by atoms with van der Waals surface area (Å²) in [6, 6.07) is 18.8. The highest BCUT2D eigenvalue weighted by atomic mass is 79.9.